The molecule has 1 aliphatic heterocycles. The van der Waals surface area contributed by atoms with Crippen LogP contribution in [0.3, 0.4) is 0 Å². The molecule has 2 aromatic heterocycles. The number of rotatable bonds is 13. The number of piperidine rings is 1. The van der Waals surface area contributed by atoms with Crippen LogP contribution in [0.15, 0.2) is 67.8 Å². The molecule has 3 heterocycles. The van der Waals surface area contributed by atoms with Crippen molar-refractivity contribution in [3.63, 3.8) is 0 Å². The molecule has 50 heavy (non-hydrogen) atoms. The molecular weight excluding hydrogens is 659 g/mol. The number of aryl methyl sites for hydroxylation is 1. The largest absolute Gasteiger partial charge is 0.490 e. The topological polar surface area (TPSA) is 98.4 Å². The average molecular weight is 705 g/mol. The van der Waals surface area contributed by atoms with Gasteiger partial charge in [0.05, 0.1) is 40.2 Å². The van der Waals surface area contributed by atoms with Crippen molar-refractivity contribution in [2.45, 2.75) is 84.2 Å². The van der Waals surface area contributed by atoms with Crippen LogP contribution in [0.5, 0.6) is 5.75 Å². The van der Waals surface area contributed by atoms with Crippen LogP contribution >= 0.6 is 11.6 Å². The van der Waals surface area contributed by atoms with Gasteiger partial charge in [0, 0.05) is 48.0 Å². The summed E-state index contributed by atoms with van der Waals surface area (Å²) < 4.78 is 35.7. The van der Waals surface area contributed by atoms with E-state index in [-0.39, 0.29) is 17.3 Å². The Morgan fingerprint density at radius 3 is 2.52 bits per heavy atom. The highest BCUT2D eigenvalue weighted by molar-refractivity contribution is 6.33. The Kier molecular flexibility index (Phi) is 11.1. The Morgan fingerprint density at radius 2 is 1.88 bits per heavy atom. The molecule has 0 spiro atoms. The Balaban J connectivity index is 1.66. The first-order chi connectivity index (χ1) is 23.6. The third-order valence-corrected chi connectivity index (χ3v) is 9.08. The molecule has 4 aromatic rings. The zero-order valence-corrected chi connectivity index (χ0v) is 30.4. The van der Waals surface area contributed by atoms with E-state index in [0.717, 1.165) is 0 Å². The lowest BCUT2D eigenvalue weighted by molar-refractivity contribution is -0.160. The highest BCUT2D eigenvalue weighted by Gasteiger charge is 2.38. The summed E-state index contributed by atoms with van der Waals surface area (Å²) in [7, 11) is 0. The quantitative estimate of drug-likeness (QED) is 0.138. The van der Waals surface area contributed by atoms with Crippen LogP contribution < -0.4 is 9.64 Å². The highest BCUT2D eigenvalue weighted by atomic mass is 35.5. The zero-order chi connectivity index (χ0) is 36.4. The van der Waals surface area contributed by atoms with Crippen molar-refractivity contribution in [3.8, 4) is 28.1 Å². The minimum atomic E-state index is -1.31. The molecule has 0 aliphatic carbocycles. The Morgan fingerprint density at radius 1 is 1.16 bits per heavy atom. The number of anilines is 1. The summed E-state index contributed by atoms with van der Waals surface area (Å²) >= 11 is 6.67. The molecule has 1 fully saturated rings. The second kappa shape index (κ2) is 14.9. The molecule has 5 rings (SSSR count). The fraction of sp³-hybridized carbons (Fsp3) is 0.410. The van der Waals surface area contributed by atoms with E-state index in [1.54, 1.807) is 53.9 Å². The standard InChI is InChI=1S/C39H46ClFN4O5/c1-9-12-24(3)49-31-14-11-13-28(40)34(31)27-22-26(15-16-29(27)41)30-23-32-42-25(4)33(35(37(46)47)50-38(5,6)7)36(45(32)43-30)44-19-17-39(8,18-20-44)48-21-10-2/h9-11,13-16,22-24,35H,1-2,12,17-21H2,3-8H3,(H,46,47)/t24-,35?/m0/s1. The summed E-state index contributed by atoms with van der Waals surface area (Å²) in [5.41, 5.74) is 2.17. The van der Waals surface area contributed by atoms with E-state index in [9.17, 15) is 9.90 Å². The molecule has 1 saturated heterocycles. The monoisotopic (exact) mass is 704 g/mol. The third kappa shape index (κ3) is 8.04. The Hall–Kier alpha value is -4.25. The first-order valence-electron chi connectivity index (χ1n) is 16.8. The SMILES string of the molecule is C=CCOC1(C)CCN(c2c(C(OC(C)(C)C)C(=O)O)c(C)nc3cc(-c4ccc(F)c(-c5c(Cl)cccc5O[C@@H](C)CC=C)c4)nn23)CC1. The summed E-state index contributed by atoms with van der Waals surface area (Å²) in [4.78, 5) is 19.8. The van der Waals surface area contributed by atoms with Crippen LogP contribution in [-0.4, -0.2) is 62.7 Å². The van der Waals surface area contributed by atoms with Crippen molar-refractivity contribution in [1.82, 2.24) is 14.6 Å². The van der Waals surface area contributed by atoms with Gasteiger partial charge in [-0.2, -0.15) is 9.61 Å². The van der Waals surface area contributed by atoms with Crippen LogP contribution in [-0.2, 0) is 14.3 Å². The van der Waals surface area contributed by atoms with Crippen molar-refractivity contribution in [2.24, 2.45) is 0 Å². The number of hydrogen-bond donors (Lipinski definition) is 1. The first kappa shape index (κ1) is 37.0. The maximum Gasteiger partial charge on any atom is 0.337 e. The van der Waals surface area contributed by atoms with E-state index in [0.29, 0.717) is 89.3 Å². The van der Waals surface area contributed by atoms with Crippen LogP contribution in [0.2, 0.25) is 5.02 Å². The Bertz CT molecular complexity index is 1890. The molecule has 1 unspecified atom stereocenters. The predicted octanol–water partition coefficient (Wildman–Crippen LogP) is 9.01. The van der Waals surface area contributed by atoms with Crippen molar-refractivity contribution in [2.75, 3.05) is 24.6 Å². The van der Waals surface area contributed by atoms with E-state index in [4.69, 9.17) is 35.9 Å². The molecule has 1 aliphatic rings. The summed E-state index contributed by atoms with van der Waals surface area (Å²) in [5, 5.41) is 15.8. The van der Waals surface area contributed by atoms with Crippen LogP contribution in [0.25, 0.3) is 28.0 Å². The second-order valence-corrected chi connectivity index (χ2v) is 14.4. The summed E-state index contributed by atoms with van der Waals surface area (Å²) in [6.45, 7) is 20.4. The van der Waals surface area contributed by atoms with Gasteiger partial charge >= 0.3 is 5.97 Å². The number of nitrogens with zero attached hydrogens (tertiary/aromatic N) is 4. The minimum Gasteiger partial charge on any atom is -0.490 e. The van der Waals surface area contributed by atoms with Gasteiger partial charge in [0.15, 0.2) is 11.8 Å². The molecule has 9 nitrogen and oxygen atoms in total. The summed E-state index contributed by atoms with van der Waals surface area (Å²) in [6, 6.07) is 11.8. The van der Waals surface area contributed by atoms with Gasteiger partial charge in [-0.15, -0.1) is 13.2 Å². The smallest absolute Gasteiger partial charge is 0.337 e. The highest BCUT2D eigenvalue weighted by Crippen LogP contribution is 2.42. The molecule has 2 atom stereocenters. The minimum absolute atomic E-state index is 0.200. The number of fused-ring (bicyclic) bond motifs is 1. The number of benzene rings is 2. The fourth-order valence-electron chi connectivity index (χ4n) is 6.29. The van der Waals surface area contributed by atoms with Crippen molar-refractivity contribution >= 4 is 29.0 Å². The van der Waals surface area contributed by atoms with Crippen LogP contribution in [0.1, 0.15) is 71.2 Å². The fourth-order valence-corrected chi connectivity index (χ4v) is 6.56. The number of carbonyl (C=O) groups is 1. The molecule has 266 valence electrons. The van der Waals surface area contributed by atoms with Gasteiger partial charge in [0.2, 0.25) is 0 Å². The van der Waals surface area contributed by atoms with Gasteiger partial charge in [0.1, 0.15) is 17.4 Å². The van der Waals surface area contributed by atoms with E-state index in [1.165, 1.54) is 6.07 Å². The average Bonchev–Trinajstić information content (AvgIpc) is 3.46. The van der Waals surface area contributed by atoms with Crippen molar-refractivity contribution in [1.29, 1.82) is 0 Å². The van der Waals surface area contributed by atoms with Crippen LogP contribution in [0.4, 0.5) is 10.2 Å². The van der Waals surface area contributed by atoms with E-state index in [2.05, 4.69) is 25.0 Å². The second-order valence-electron chi connectivity index (χ2n) is 14.0. The maximum atomic E-state index is 15.6. The lowest BCUT2D eigenvalue weighted by Crippen LogP contribution is -2.45. The third-order valence-electron chi connectivity index (χ3n) is 8.77. The van der Waals surface area contributed by atoms with Gasteiger partial charge in [-0.1, -0.05) is 29.8 Å². The number of carboxylic acid groups (broad SMARTS) is 1. The van der Waals surface area contributed by atoms with Crippen molar-refractivity contribution < 1.29 is 28.5 Å². The lowest BCUT2D eigenvalue weighted by atomic mass is 9.92. The number of halogens is 2. The molecular formula is C39H46ClFN4O5. The van der Waals surface area contributed by atoms with Gasteiger partial charge in [-0.25, -0.2) is 14.2 Å². The molecule has 2 aromatic carbocycles. The summed E-state index contributed by atoms with van der Waals surface area (Å²) in [6.07, 6.45) is 4.00. The molecule has 0 saturated carbocycles. The van der Waals surface area contributed by atoms with Gasteiger partial charge in [0.25, 0.3) is 0 Å². The molecule has 0 amide bonds. The molecule has 0 radical (unpaired) electrons. The maximum absolute atomic E-state index is 15.6. The van der Waals surface area contributed by atoms with E-state index < -0.39 is 23.5 Å². The van der Waals surface area contributed by atoms with Gasteiger partial charge in [-0.05, 0) is 84.7 Å². The van der Waals surface area contributed by atoms with Gasteiger partial charge in [-0.3, -0.25) is 0 Å². The molecule has 11 heteroatoms. The number of aromatic nitrogens is 3. The Labute approximate surface area is 298 Å². The zero-order valence-electron chi connectivity index (χ0n) is 29.6. The lowest BCUT2D eigenvalue weighted by Gasteiger charge is -2.41. The predicted molar refractivity (Wildman–Crippen MR) is 196 cm³/mol. The normalized spacial score (nSPS) is 15.9. The van der Waals surface area contributed by atoms with E-state index in [1.807, 2.05) is 33.8 Å². The summed E-state index contributed by atoms with van der Waals surface area (Å²) in [5.74, 6) is -0.559. The van der Waals surface area contributed by atoms with Gasteiger partial charge < -0.3 is 24.2 Å². The molecule has 1 N–H and O–H groups in total. The first-order valence-corrected chi connectivity index (χ1v) is 17.2. The number of carboxylic acids is 1. The van der Waals surface area contributed by atoms with E-state index >= 15 is 4.39 Å². The van der Waals surface area contributed by atoms with Crippen molar-refractivity contribution in [3.05, 3.63) is 89.9 Å². The number of aliphatic carboxylic acids is 1. The number of hydrogen-bond acceptors (Lipinski definition) is 7. The number of ether oxygens (including phenoxy) is 3. The molecule has 0 bridgehead atoms. The van der Waals surface area contributed by atoms with Crippen LogP contribution in [0, 0.1) is 12.7 Å².